The van der Waals surface area contributed by atoms with E-state index in [4.69, 9.17) is 9.47 Å². The SMILES string of the molecule is COc1ccc(C(=O)N(c2cccc(OC)c2)[C@@H]2C=CS(=O)(=O)C2)cc1. The third kappa shape index (κ3) is 3.72. The minimum atomic E-state index is -3.32. The van der Waals surface area contributed by atoms with E-state index in [0.29, 0.717) is 22.7 Å². The number of benzene rings is 2. The monoisotopic (exact) mass is 373 g/mol. The molecule has 0 aromatic heterocycles. The number of rotatable bonds is 5. The van der Waals surface area contributed by atoms with Crippen molar-refractivity contribution in [2.24, 2.45) is 0 Å². The summed E-state index contributed by atoms with van der Waals surface area (Å²) in [6.07, 6.45) is 1.54. The highest BCUT2D eigenvalue weighted by atomic mass is 32.2. The lowest BCUT2D eigenvalue weighted by Crippen LogP contribution is -2.41. The molecule has 0 saturated heterocycles. The van der Waals surface area contributed by atoms with Crippen molar-refractivity contribution in [2.75, 3.05) is 24.9 Å². The van der Waals surface area contributed by atoms with Crippen LogP contribution in [0.1, 0.15) is 10.4 Å². The van der Waals surface area contributed by atoms with Gasteiger partial charge in [0.2, 0.25) is 0 Å². The van der Waals surface area contributed by atoms with Gasteiger partial charge in [-0.15, -0.1) is 0 Å². The van der Waals surface area contributed by atoms with Crippen LogP contribution in [0.25, 0.3) is 0 Å². The van der Waals surface area contributed by atoms with E-state index in [1.54, 1.807) is 55.6 Å². The van der Waals surface area contributed by atoms with E-state index in [2.05, 4.69) is 0 Å². The highest BCUT2D eigenvalue weighted by molar-refractivity contribution is 7.94. The molecule has 1 heterocycles. The molecule has 3 rings (SSSR count). The summed E-state index contributed by atoms with van der Waals surface area (Å²) in [5, 5.41) is 1.16. The average molecular weight is 373 g/mol. The van der Waals surface area contributed by atoms with Crippen LogP contribution >= 0.6 is 0 Å². The zero-order chi connectivity index (χ0) is 18.7. The Labute approximate surface area is 152 Å². The molecule has 6 nitrogen and oxygen atoms in total. The summed E-state index contributed by atoms with van der Waals surface area (Å²) in [6, 6.07) is 13.1. The van der Waals surface area contributed by atoms with Gasteiger partial charge in [-0.25, -0.2) is 8.42 Å². The standard InChI is InChI=1S/C19H19NO5S/c1-24-17-8-6-14(7-9-17)19(21)20(16-10-11-26(22,23)13-16)15-4-3-5-18(12-15)25-2/h3-12,16H,13H2,1-2H3/t16-/m1/s1. The fourth-order valence-electron chi connectivity index (χ4n) is 2.81. The van der Waals surface area contributed by atoms with Crippen LogP contribution in [-0.2, 0) is 9.84 Å². The fourth-order valence-corrected chi connectivity index (χ4v) is 4.08. The van der Waals surface area contributed by atoms with Crippen LogP contribution in [0.3, 0.4) is 0 Å². The Kier molecular flexibility index (Phi) is 4.99. The lowest BCUT2D eigenvalue weighted by atomic mass is 10.1. The highest BCUT2D eigenvalue weighted by Crippen LogP contribution is 2.28. The van der Waals surface area contributed by atoms with E-state index in [0.717, 1.165) is 5.41 Å². The molecule has 0 unspecified atom stereocenters. The summed E-state index contributed by atoms with van der Waals surface area (Å²) in [5.41, 5.74) is 1.00. The zero-order valence-corrected chi connectivity index (χ0v) is 15.3. The number of carbonyl (C=O) groups excluding carboxylic acids is 1. The molecule has 0 bridgehead atoms. The van der Waals surface area contributed by atoms with Crippen molar-refractivity contribution in [1.29, 1.82) is 0 Å². The molecule has 2 aromatic carbocycles. The highest BCUT2D eigenvalue weighted by Gasteiger charge is 2.32. The first-order chi connectivity index (χ1) is 12.4. The summed E-state index contributed by atoms with van der Waals surface area (Å²) >= 11 is 0. The molecule has 0 saturated carbocycles. The van der Waals surface area contributed by atoms with Crippen LogP contribution in [0.15, 0.2) is 60.0 Å². The van der Waals surface area contributed by atoms with Crippen molar-refractivity contribution in [3.63, 3.8) is 0 Å². The van der Waals surface area contributed by atoms with Crippen LogP contribution in [0, 0.1) is 0 Å². The normalized spacial score (nSPS) is 17.7. The molecule has 136 valence electrons. The smallest absolute Gasteiger partial charge is 0.258 e. The van der Waals surface area contributed by atoms with E-state index >= 15 is 0 Å². The maximum absolute atomic E-state index is 13.2. The van der Waals surface area contributed by atoms with Gasteiger partial charge in [0, 0.05) is 22.7 Å². The van der Waals surface area contributed by atoms with Crippen molar-refractivity contribution < 1.29 is 22.7 Å². The Bertz CT molecular complexity index is 935. The van der Waals surface area contributed by atoms with Crippen molar-refractivity contribution in [1.82, 2.24) is 0 Å². The first-order valence-corrected chi connectivity index (χ1v) is 9.68. The first kappa shape index (κ1) is 18.0. The number of nitrogens with zero attached hydrogens (tertiary/aromatic N) is 1. The van der Waals surface area contributed by atoms with Crippen LogP contribution < -0.4 is 14.4 Å². The molecule has 0 spiro atoms. The van der Waals surface area contributed by atoms with Crippen LogP contribution in [-0.4, -0.2) is 40.3 Å². The van der Waals surface area contributed by atoms with Gasteiger partial charge in [-0.1, -0.05) is 6.07 Å². The summed E-state index contributed by atoms with van der Waals surface area (Å²) in [7, 11) is -0.231. The van der Waals surface area contributed by atoms with Gasteiger partial charge in [0.15, 0.2) is 9.84 Å². The minimum Gasteiger partial charge on any atom is -0.497 e. The van der Waals surface area contributed by atoms with Crippen molar-refractivity contribution in [3.05, 3.63) is 65.6 Å². The number of methoxy groups -OCH3 is 2. The lowest BCUT2D eigenvalue weighted by Gasteiger charge is -2.28. The third-order valence-electron chi connectivity index (χ3n) is 4.13. The maximum atomic E-state index is 13.2. The number of amides is 1. The van der Waals surface area contributed by atoms with E-state index in [1.165, 1.54) is 18.1 Å². The average Bonchev–Trinajstić information content (AvgIpc) is 3.01. The zero-order valence-electron chi connectivity index (χ0n) is 14.5. The largest absolute Gasteiger partial charge is 0.497 e. The van der Waals surface area contributed by atoms with Gasteiger partial charge in [0.1, 0.15) is 11.5 Å². The second-order valence-electron chi connectivity index (χ2n) is 5.83. The van der Waals surface area contributed by atoms with Crippen LogP contribution in [0.4, 0.5) is 5.69 Å². The molecule has 0 aliphatic carbocycles. The molecule has 26 heavy (non-hydrogen) atoms. The van der Waals surface area contributed by atoms with E-state index < -0.39 is 15.9 Å². The fraction of sp³-hybridized carbons (Fsp3) is 0.211. The third-order valence-corrected chi connectivity index (χ3v) is 5.51. The Hall–Kier alpha value is -2.80. The molecule has 1 atom stereocenters. The molecule has 0 N–H and O–H groups in total. The van der Waals surface area contributed by atoms with Crippen molar-refractivity contribution in [2.45, 2.75) is 6.04 Å². The second kappa shape index (κ2) is 7.21. The van der Waals surface area contributed by atoms with Gasteiger partial charge in [0.05, 0.1) is 26.0 Å². The van der Waals surface area contributed by atoms with Gasteiger partial charge >= 0.3 is 0 Å². The predicted octanol–water partition coefficient (Wildman–Crippen LogP) is 2.66. The van der Waals surface area contributed by atoms with E-state index in [9.17, 15) is 13.2 Å². The van der Waals surface area contributed by atoms with E-state index in [-0.39, 0.29) is 11.7 Å². The number of carbonyl (C=O) groups is 1. The Morgan fingerprint density at radius 2 is 1.73 bits per heavy atom. The van der Waals surface area contributed by atoms with Gasteiger partial charge in [-0.2, -0.15) is 0 Å². The molecule has 1 amide bonds. The summed E-state index contributed by atoms with van der Waals surface area (Å²) < 4.78 is 34.1. The molecule has 1 aliphatic rings. The topological polar surface area (TPSA) is 72.9 Å². The molecule has 2 aromatic rings. The lowest BCUT2D eigenvalue weighted by molar-refractivity contribution is 0.0983. The van der Waals surface area contributed by atoms with Crippen LogP contribution in [0.2, 0.25) is 0 Å². The number of hydrogen-bond donors (Lipinski definition) is 0. The summed E-state index contributed by atoms with van der Waals surface area (Å²) in [5.74, 6) is 0.775. The molecule has 7 heteroatoms. The molecule has 0 fully saturated rings. The van der Waals surface area contributed by atoms with Gasteiger partial charge in [0.25, 0.3) is 5.91 Å². The van der Waals surface area contributed by atoms with Crippen molar-refractivity contribution in [3.8, 4) is 11.5 Å². The van der Waals surface area contributed by atoms with Gasteiger partial charge in [-0.05, 0) is 42.5 Å². The molecular formula is C19H19NO5S. The second-order valence-corrected chi connectivity index (χ2v) is 7.76. The number of anilines is 1. The predicted molar refractivity (Wildman–Crippen MR) is 99.5 cm³/mol. The molecule has 0 radical (unpaired) electrons. The maximum Gasteiger partial charge on any atom is 0.258 e. The summed E-state index contributed by atoms with van der Waals surface area (Å²) in [4.78, 5) is 14.6. The van der Waals surface area contributed by atoms with Gasteiger partial charge in [-0.3, -0.25) is 4.79 Å². The number of hydrogen-bond acceptors (Lipinski definition) is 5. The molecular weight excluding hydrogens is 354 g/mol. The first-order valence-electron chi connectivity index (χ1n) is 7.96. The quantitative estimate of drug-likeness (QED) is 0.806. The van der Waals surface area contributed by atoms with E-state index in [1.807, 2.05) is 0 Å². The minimum absolute atomic E-state index is 0.147. The molecule has 1 aliphatic heterocycles. The Balaban J connectivity index is 2.01. The van der Waals surface area contributed by atoms with Crippen molar-refractivity contribution >= 4 is 21.4 Å². The Morgan fingerprint density at radius 1 is 1.04 bits per heavy atom. The number of sulfone groups is 1. The van der Waals surface area contributed by atoms with Crippen LogP contribution in [0.5, 0.6) is 11.5 Å². The summed E-state index contributed by atoms with van der Waals surface area (Å²) in [6.45, 7) is 0. The van der Waals surface area contributed by atoms with Gasteiger partial charge < -0.3 is 14.4 Å². The number of ether oxygens (including phenoxy) is 2. The Morgan fingerprint density at radius 3 is 2.31 bits per heavy atom.